The van der Waals surface area contributed by atoms with Crippen LogP contribution in [0, 0.1) is 22.0 Å². The lowest BCUT2D eigenvalue weighted by atomic mass is 9.84. The van der Waals surface area contributed by atoms with Crippen molar-refractivity contribution < 1.29 is 48.7 Å². The minimum absolute atomic E-state index is 0.131. The number of nitrogens with two attached hydrogens (primary N) is 1. The molecule has 0 aromatic heterocycles. The van der Waals surface area contributed by atoms with E-state index in [0.29, 0.717) is 37.4 Å². The molecule has 1 aliphatic rings. The molecule has 0 saturated heterocycles. The maximum atomic E-state index is 13.8. The highest BCUT2D eigenvalue weighted by Crippen LogP contribution is 2.29. The molecule has 6 amide bonds. The average molecular weight is 934 g/mol. The highest BCUT2D eigenvalue weighted by atomic mass is 16.6. The van der Waals surface area contributed by atoms with Crippen LogP contribution in [-0.2, 0) is 46.4 Å². The molecule has 5 atom stereocenters. The Labute approximate surface area is 393 Å². The van der Waals surface area contributed by atoms with E-state index >= 15 is 0 Å². The van der Waals surface area contributed by atoms with E-state index < -0.39 is 76.0 Å². The van der Waals surface area contributed by atoms with Crippen LogP contribution in [0.2, 0.25) is 0 Å². The molecule has 18 nitrogen and oxygen atoms in total. The number of amides is 6. The molecule has 9 N–H and O–H groups in total. The minimum Gasteiger partial charge on any atom is -0.502 e. The van der Waals surface area contributed by atoms with E-state index in [4.69, 9.17) is 10.8 Å². The molecule has 2 aromatic carbocycles. The number of aliphatic carboxylic acids is 1. The van der Waals surface area contributed by atoms with Gasteiger partial charge in [-0.05, 0) is 48.3 Å². The highest BCUT2D eigenvalue weighted by molar-refractivity contribution is 5.97. The van der Waals surface area contributed by atoms with Gasteiger partial charge in [0.15, 0.2) is 5.75 Å². The van der Waals surface area contributed by atoms with Gasteiger partial charge in [-0.3, -0.25) is 38.9 Å². The van der Waals surface area contributed by atoms with Crippen molar-refractivity contribution in [3.8, 4) is 5.75 Å². The lowest BCUT2D eigenvalue weighted by Crippen LogP contribution is -2.55. The summed E-state index contributed by atoms with van der Waals surface area (Å²) in [5.41, 5.74) is 6.22. The summed E-state index contributed by atoms with van der Waals surface area (Å²) in [6, 6.07) is 9.00. The van der Waals surface area contributed by atoms with Crippen molar-refractivity contribution in [2.45, 2.75) is 160 Å². The van der Waals surface area contributed by atoms with Crippen LogP contribution in [0.3, 0.4) is 0 Å². The monoisotopic (exact) mass is 934 g/mol. The average Bonchev–Trinajstić information content (AvgIpc) is 3.30. The molecule has 1 fully saturated rings. The van der Waals surface area contributed by atoms with Crippen LogP contribution in [0.4, 0.5) is 5.69 Å². The van der Waals surface area contributed by atoms with Crippen LogP contribution in [0.1, 0.15) is 134 Å². The Morgan fingerprint density at radius 2 is 1.36 bits per heavy atom. The van der Waals surface area contributed by atoms with E-state index in [0.717, 1.165) is 101 Å². The van der Waals surface area contributed by atoms with Gasteiger partial charge >= 0.3 is 11.7 Å². The fraction of sp³-hybridized carbons (Fsp3) is 0.571. The minimum atomic E-state index is -1.33. The van der Waals surface area contributed by atoms with E-state index in [-0.39, 0.29) is 43.4 Å². The number of phenolic OH excluding ortho intramolecular Hbond substituents is 1. The number of nitrogens with one attached hydrogen (secondary N) is 5. The molecule has 1 aliphatic carbocycles. The fourth-order valence-corrected chi connectivity index (χ4v) is 8.18. The van der Waals surface area contributed by atoms with Gasteiger partial charge in [0.1, 0.15) is 24.2 Å². The van der Waals surface area contributed by atoms with Crippen LogP contribution in [0.5, 0.6) is 5.75 Å². The molecule has 0 spiro atoms. The number of carbonyl (C=O) groups is 7. The Morgan fingerprint density at radius 3 is 1.97 bits per heavy atom. The Hall–Kier alpha value is -6.33. The molecule has 0 radical (unpaired) electrons. The highest BCUT2D eigenvalue weighted by Gasteiger charge is 2.31. The molecule has 1 saturated carbocycles. The second kappa shape index (κ2) is 30.1. The third-order valence-corrected chi connectivity index (χ3v) is 12.2. The van der Waals surface area contributed by atoms with Gasteiger partial charge < -0.3 is 42.5 Å². The number of rotatable bonds is 31. The van der Waals surface area contributed by atoms with Gasteiger partial charge in [0.2, 0.25) is 35.4 Å². The van der Waals surface area contributed by atoms with Crippen molar-refractivity contribution >= 4 is 47.1 Å². The summed E-state index contributed by atoms with van der Waals surface area (Å²) in [5, 5.41) is 44.3. The SMILES string of the molecule is CCC(C)[C@H](NC(=O)CCCCCCCCCCCNC(=O)[C@H](Cc1ccc(O)c([N+](=O)[O-])c1)NC(=O)[C@H](CC1CCCCC1)NC(=O)/C=C/C(=O)O)C(=O)N[C@@H](Cc1ccccc1)C(N)=O. The zero-order valence-corrected chi connectivity index (χ0v) is 39.0. The molecule has 1 unspecified atom stereocenters. The van der Waals surface area contributed by atoms with E-state index in [2.05, 4.69) is 26.6 Å². The smallest absolute Gasteiger partial charge is 0.328 e. The molecule has 0 aliphatic heterocycles. The number of carboxylic acid groups (broad SMARTS) is 1. The first-order valence-corrected chi connectivity index (χ1v) is 23.8. The second-order valence-corrected chi connectivity index (χ2v) is 17.6. The van der Waals surface area contributed by atoms with Crippen LogP contribution in [0.15, 0.2) is 60.7 Å². The van der Waals surface area contributed by atoms with Gasteiger partial charge in [-0.15, -0.1) is 0 Å². The van der Waals surface area contributed by atoms with Crippen molar-refractivity contribution in [3.05, 3.63) is 81.9 Å². The van der Waals surface area contributed by atoms with Gasteiger partial charge in [-0.25, -0.2) is 4.79 Å². The summed E-state index contributed by atoms with van der Waals surface area (Å²) in [5.74, 6) is -5.16. The number of benzene rings is 2. The third-order valence-electron chi connectivity index (χ3n) is 12.2. The first-order chi connectivity index (χ1) is 32.1. The molecule has 67 heavy (non-hydrogen) atoms. The Kier molecular flexibility index (Phi) is 24.7. The Bertz CT molecular complexity index is 1970. The maximum absolute atomic E-state index is 13.8. The number of carboxylic acids is 1. The van der Waals surface area contributed by atoms with Crippen LogP contribution < -0.4 is 32.3 Å². The standard InChI is InChI=1S/C49H71N7O11/c1-3-33(2)45(49(65)53-37(46(50)62)29-34-19-13-11-14-20-34)55-42(58)23-17-9-7-5-4-6-8-10-18-28-51-47(63)38(31-36-24-25-41(57)40(32-36)56(66)67)54-48(64)39(30-35-21-15-12-16-22-35)52-43(59)26-27-44(60)61/h11,13-14,19-20,24-27,32-33,35,37-39,45,57H,3-10,12,15-18,21-23,28-31H2,1-2H3,(H2,50,62)(H,51,63)(H,52,59)(H,53,65)(H,54,64)(H,55,58)(H,60,61)/b27-26+/t33?,37-,38-,39-,45-/m0/s1. The van der Waals surface area contributed by atoms with E-state index in [1.165, 1.54) is 6.07 Å². The molecular formula is C49H71N7O11. The van der Waals surface area contributed by atoms with Crippen molar-refractivity contribution in [3.63, 3.8) is 0 Å². The molecule has 18 heteroatoms. The summed E-state index contributed by atoms with van der Waals surface area (Å²) in [4.78, 5) is 100. The molecule has 0 bridgehead atoms. The number of hydrogen-bond acceptors (Lipinski definition) is 10. The van der Waals surface area contributed by atoms with Crippen molar-refractivity contribution in [1.29, 1.82) is 0 Å². The van der Waals surface area contributed by atoms with Gasteiger partial charge in [-0.2, -0.15) is 0 Å². The largest absolute Gasteiger partial charge is 0.502 e. The molecule has 368 valence electrons. The number of unbranched alkanes of at least 4 members (excludes halogenated alkanes) is 8. The van der Waals surface area contributed by atoms with Crippen molar-refractivity contribution in [2.24, 2.45) is 17.6 Å². The first kappa shape index (κ1) is 55.0. The third kappa shape index (κ3) is 21.2. The van der Waals surface area contributed by atoms with E-state index in [1.807, 2.05) is 44.2 Å². The van der Waals surface area contributed by atoms with E-state index in [1.54, 1.807) is 0 Å². The summed E-state index contributed by atoms with van der Waals surface area (Å²) in [7, 11) is 0. The fourth-order valence-electron chi connectivity index (χ4n) is 8.18. The lowest BCUT2D eigenvalue weighted by Gasteiger charge is -2.28. The predicted molar refractivity (Wildman–Crippen MR) is 252 cm³/mol. The number of nitrogens with zero attached hydrogens (tertiary/aromatic N) is 1. The van der Waals surface area contributed by atoms with Crippen molar-refractivity contribution in [2.75, 3.05) is 6.54 Å². The quantitative estimate of drug-likeness (QED) is 0.0211. The van der Waals surface area contributed by atoms with Crippen LogP contribution in [-0.4, -0.2) is 87.3 Å². The number of carbonyl (C=O) groups excluding carboxylic acids is 6. The molecular weight excluding hydrogens is 863 g/mol. The number of primary amides is 1. The zero-order valence-electron chi connectivity index (χ0n) is 39.0. The van der Waals surface area contributed by atoms with Gasteiger partial charge in [-0.1, -0.05) is 134 Å². The lowest BCUT2D eigenvalue weighted by molar-refractivity contribution is -0.385. The number of nitro groups is 1. The summed E-state index contributed by atoms with van der Waals surface area (Å²) >= 11 is 0. The normalized spacial score (nSPS) is 15.0. The van der Waals surface area contributed by atoms with Crippen LogP contribution in [0.25, 0.3) is 0 Å². The second-order valence-electron chi connectivity index (χ2n) is 17.6. The number of nitro benzene ring substituents is 1. The van der Waals surface area contributed by atoms with Gasteiger partial charge in [0.25, 0.3) is 0 Å². The molecule has 0 heterocycles. The number of hydrogen-bond donors (Lipinski definition) is 8. The summed E-state index contributed by atoms with van der Waals surface area (Å²) in [6.07, 6.45) is 15.4. The number of aromatic hydroxyl groups is 1. The topological polar surface area (TPSA) is 289 Å². The Balaban J connectivity index is 1.43. The first-order valence-electron chi connectivity index (χ1n) is 23.8. The number of phenols is 1. The van der Waals surface area contributed by atoms with E-state index in [9.17, 15) is 48.8 Å². The maximum Gasteiger partial charge on any atom is 0.328 e. The summed E-state index contributed by atoms with van der Waals surface area (Å²) in [6.45, 7) is 4.12. The molecule has 3 rings (SSSR count). The zero-order chi connectivity index (χ0) is 49.1. The van der Waals surface area contributed by atoms with Gasteiger partial charge in [0.05, 0.1) is 4.92 Å². The van der Waals surface area contributed by atoms with Gasteiger partial charge in [0, 0.05) is 44.0 Å². The Morgan fingerprint density at radius 1 is 0.746 bits per heavy atom. The van der Waals surface area contributed by atoms with Crippen molar-refractivity contribution in [1.82, 2.24) is 26.6 Å². The molecule has 2 aromatic rings. The predicted octanol–water partition coefficient (Wildman–Crippen LogP) is 5.18. The summed E-state index contributed by atoms with van der Waals surface area (Å²) < 4.78 is 0. The van der Waals surface area contributed by atoms with Crippen LogP contribution >= 0.6 is 0 Å².